The maximum Gasteiger partial charge on any atom is 0.211 e. The first-order chi connectivity index (χ1) is 25.0. The fourth-order valence-corrected chi connectivity index (χ4v) is 8.05. The van der Waals surface area contributed by atoms with Crippen molar-refractivity contribution in [1.29, 1.82) is 0 Å². The molecule has 2 nitrogen and oxygen atoms in total. The molecule has 3 rings (SSSR count). The lowest BCUT2D eigenvalue weighted by atomic mass is 9.90. The van der Waals surface area contributed by atoms with Crippen molar-refractivity contribution >= 4 is 11.4 Å². The predicted octanol–water partition coefficient (Wildman–Crippen LogP) is 16.1. The molecule has 0 spiro atoms. The number of rotatable bonds is 29. The van der Waals surface area contributed by atoms with E-state index < -0.39 is 0 Å². The number of hydrogen-bond acceptors (Lipinski definition) is 0. The molecule has 1 aliphatic heterocycles. The monoisotopic (exact) mass is 695 g/mol. The largest absolute Gasteiger partial charge is 0.493 e. The van der Waals surface area contributed by atoms with Crippen molar-refractivity contribution in [3.8, 4) is 0 Å². The molecule has 1 heterocycles. The third-order valence-electron chi connectivity index (χ3n) is 11.1. The van der Waals surface area contributed by atoms with Crippen molar-refractivity contribution in [3.63, 3.8) is 0 Å². The summed E-state index contributed by atoms with van der Waals surface area (Å²) in [5, 5.41) is 0. The lowest BCUT2D eigenvalue weighted by Gasteiger charge is -2.15. The van der Waals surface area contributed by atoms with Crippen LogP contribution in [-0.2, 0) is 25.7 Å². The zero-order valence-electron chi connectivity index (χ0n) is 34.5. The maximum absolute atomic E-state index is 12.6. The summed E-state index contributed by atoms with van der Waals surface area (Å²) in [6.07, 6.45) is 33.2. The Balaban J connectivity index is 2.09. The standard InChI is InChI=1S/C49H78N2/c1-7-13-19-21-23-26-30-42-34-40(28-16-10-4)36-44(38-42)48-46(32-18-12-6)47(33-25-15-9-3)49(51(48)50)45-37-41(29-17-11-5)35-43(39-45)31-27-24-22-20-14-8-2/h34-39H,7-33H2,1-6H3. The third-order valence-corrected chi connectivity index (χ3v) is 11.1. The Bertz CT molecular complexity index is 1360. The summed E-state index contributed by atoms with van der Waals surface area (Å²) in [5.41, 5.74) is 25.8. The van der Waals surface area contributed by atoms with Crippen LogP contribution in [0.2, 0.25) is 0 Å². The predicted molar refractivity (Wildman–Crippen MR) is 225 cm³/mol. The number of nitrogens with zero attached hydrogens (tertiary/aromatic N) is 2. The van der Waals surface area contributed by atoms with Gasteiger partial charge in [-0.1, -0.05) is 150 Å². The third kappa shape index (κ3) is 14.5. The number of unbranched alkanes of at least 4 members (excludes halogenated alkanes) is 15. The van der Waals surface area contributed by atoms with Crippen molar-refractivity contribution < 1.29 is 4.70 Å². The summed E-state index contributed by atoms with van der Waals surface area (Å²) in [4.78, 5) is 0. The lowest BCUT2D eigenvalue weighted by molar-refractivity contribution is -0.345. The van der Waals surface area contributed by atoms with E-state index in [9.17, 15) is 5.53 Å². The van der Waals surface area contributed by atoms with Crippen LogP contribution in [0.1, 0.15) is 223 Å². The van der Waals surface area contributed by atoms with Crippen molar-refractivity contribution in [3.05, 3.63) is 86.5 Å². The van der Waals surface area contributed by atoms with Crippen LogP contribution in [0.3, 0.4) is 0 Å². The second kappa shape index (κ2) is 25.5. The summed E-state index contributed by atoms with van der Waals surface area (Å²) in [6, 6.07) is 14.7. The molecule has 0 aromatic heterocycles. The number of hydrogen-bond donors (Lipinski definition) is 0. The Morgan fingerprint density at radius 2 is 0.608 bits per heavy atom. The van der Waals surface area contributed by atoms with Gasteiger partial charge >= 0.3 is 0 Å². The maximum atomic E-state index is 12.6. The van der Waals surface area contributed by atoms with Crippen molar-refractivity contribution in [2.45, 2.75) is 215 Å². The smallest absolute Gasteiger partial charge is 0.211 e. The molecule has 1 aliphatic rings. The fraction of sp³-hybridized carbons (Fsp3) is 0.673. The SMILES string of the molecule is CCCCCCCCc1cc(CCCC)cc(C2=C(CCCC)C(CCCCC)=C(c3cc(CCCC)cc(CCCCCCCC)c3)[N+]2=[N-])c1. The Morgan fingerprint density at radius 3 is 1.00 bits per heavy atom. The van der Waals surface area contributed by atoms with Crippen molar-refractivity contribution in [2.24, 2.45) is 0 Å². The van der Waals surface area contributed by atoms with E-state index in [4.69, 9.17) is 0 Å². The zero-order valence-corrected chi connectivity index (χ0v) is 34.5. The van der Waals surface area contributed by atoms with Gasteiger partial charge in [-0.05, 0) is 124 Å². The number of allylic oxidation sites excluding steroid dienone is 2. The van der Waals surface area contributed by atoms with Gasteiger partial charge in [-0.2, -0.15) is 0 Å². The van der Waals surface area contributed by atoms with Crippen molar-refractivity contribution in [1.82, 2.24) is 0 Å². The van der Waals surface area contributed by atoms with Crippen LogP contribution >= 0.6 is 0 Å². The molecule has 0 fully saturated rings. The Hall–Kier alpha value is -2.48. The molecular weight excluding hydrogens is 617 g/mol. The van der Waals surface area contributed by atoms with E-state index in [1.165, 1.54) is 167 Å². The van der Waals surface area contributed by atoms with Gasteiger partial charge in [-0.25, -0.2) is 4.70 Å². The molecule has 0 saturated carbocycles. The minimum Gasteiger partial charge on any atom is -0.493 e. The highest BCUT2D eigenvalue weighted by Crippen LogP contribution is 2.45. The quantitative estimate of drug-likeness (QED) is 0.0598. The molecule has 0 radical (unpaired) electrons. The van der Waals surface area contributed by atoms with E-state index in [-0.39, 0.29) is 0 Å². The fourth-order valence-electron chi connectivity index (χ4n) is 8.05. The van der Waals surface area contributed by atoms with Gasteiger partial charge in [0.05, 0.1) is 0 Å². The molecule has 2 heteroatoms. The van der Waals surface area contributed by atoms with E-state index >= 15 is 0 Å². The highest BCUT2D eigenvalue weighted by atomic mass is 15.2. The Morgan fingerprint density at radius 1 is 0.333 bits per heavy atom. The number of aryl methyl sites for hydroxylation is 4. The summed E-state index contributed by atoms with van der Waals surface area (Å²) in [5.74, 6) is 0. The van der Waals surface area contributed by atoms with E-state index in [0.29, 0.717) is 0 Å². The van der Waals surface area contributed by atoms with E-state index in [0.717, 1.165) is 62.8 Å². The first-order valence-corrected chi connectivity index (χ1v) is 22.2. The van der Waals surface area contributed by atoms with Crippen LogP contribution in [0.25, 0.3) is 16.9 Å². The zero-order chi connectivity index (χ0) is 36.7. The highest BCUT2D eigenvalue weighted by Gasteiger charge is 2.35. The van der Waals surface area contributed by atoms with Gasteiger partial charge in [0.1, 0.15) is 0 Å². The molecule has 0 N–H and O–H groups in total. The summed E-state index contributed by atoms with van der Waals surface area (Å²) in [7, 11) is 0. The second-order valence-corrected chi connectivity index (χ2v) is 15.8. The minimum atomic E-state index is 1.03. The van der Waals surface area contributed by atoms with Gasteiger partial charge in [0, 0.05) is 22.3 Å². The molecular formula is C49H78N2. The van der Waals surface area contributed by atoms with Gasteiger partial charge in [-0.15, -0.1) is 0 Å². The normalized spacial score (nSPS) is 13.3. The van der Waals surface area contributed by atoms with E-state index in [1.54, 1.807) is 4.70 Å². The van der Waals surface area contributed by atoms with Gasteiger partial charge in [-0.3, -0.25) is 0 Å². The minimum absolute atomic E-state index is 1.03. The van der Waals surface area contributed by atoms with Crippen LogP contribution in [0.4, 0.5) is 0 Å². The number of benzene rings is 2. The topological polar surface area (TPSA) is 25.3 Å². The molecule has 0 bridgehead atoms. The van der Waals surface area contributed by atoms with Gasteiger partial charge in [0.2, 0.25) is 11.4 Å². The lowest BCUT2D eigenvalue weighted by Crippen LogP contribution is -2.05. The Labute approximate surface area is 316 Å². The van der Waals surface area contributed by atoms with Gasteiger partial charge in [0.15, 0.2) is 0 Å². The van der Waals surface area contributed by atoms with Crippen LogP contribution in [0.15, 0.2) is 47.5 Å². The first-order valence-electron chi connectivity index (χ1n) is 22.2. The molecule has 2 aromatic rings. The summed E-state index contributed by atoms with van der Waals surface area (Å²) >= 11 is 0. The van der Waals surface area contributed by atoms with Crippen LogP contribution in [0.5, 0.6) is 0 Å². The summed E-state index contributed by atoms with van der Waals surface area (Å²) in [6.45, 7) is 13.8. The van der Waals surface area contributed by atoms with Gasteiger partial charge in [0.25, 0.3) is 0 Å². The highest BCUT2D eigenvalue weighted by molar-refractivity contribution is 5.82. The molecule has 0 unspecified atom stereocenters. The van der Waals surface area contributed by atoms with Crippen molar-refractivity contribution in [2.75, 3.05) is 0 Å². The summed E-state index contributed by atoms with van der Waals surface area (Å²) < 4.78 is 1.67. The molecule has 0 atom stereocenters. The molecule has 51 heavy (non-hydrogen) atoms. The average molecular weight is 695 g/mol. The molecule has 0 saturated heterocycles. The van der Waals surface area contributed by atoms with E-state index in [2.05, 4.69) is 77.9 Å². The van der Waals surface area contributed by atoms with Gasteiger partial charge < -0.3 is 5.53 Å². The molecule has 0 amide bonds. The van der Waals surface area contributed by atoms with E-state index in [1.807, 2.05) is 0 Å². The average Bonchev–Trinajstić information content (AvgIpc) is 3.41. The van der Waals surface area contributed by atoms with Crippen LogP contribution in [-0.4, -0.2) is 4.70 Å². The van der Waals surface area contributed by atoms with Crippen LogP contribution < -0.4 is 0 Å². The first kappa shape index (κ1) is 42.9. The van der Waals surface area contributed by atoms with Crippen LogP contribution in [0, 0.1) is 0 Å². The molecule has 0 aliphatic carbocycles. The second-order valence-electron chi connectivity index (χ2n) is 15.8. The molecule has 284 valence electrons. The Kier molecular flexibility index (Phi) is 21.5. The molecule has 2 aromatic carbocycles.